The van der Waals surface area contributed by atoms with Crippen LogP contribution in [0.15, 0.2) is 12.1 Å². The molecule has 0 amide bonds. The first-order chi connectivity index (χ1) is 7.77. The molecule has 1 saturated carbocycles. The highest BCUT2D eigenvalue weighted by Gasteiger charge is 2.27. The van der Waals surface area contributed by atoms with Gasteiger partial charge in [0.15, 0.2) is 0 Å². The van der Waals surface area contributed by atoms with Crippen LogP contribution < -0.4 is 5.73 Å². The molecular weight excluding hydrogens is 194 g/mol. The normalized spacial score (nSPS) is 21.6. The van der Waals surface area contributed by atoms with Gasteiger partial charge in [-0.05, 0) is 60.6 Å². The van der Waals surface area contributed by atoms with Gasteiger partial charge in [-0.2, -0.15) is 0 Å². The number of aryl methyl sites for hydroxylation is 1. The zero-order chi connectivity index (χ0) is 11.1. The molecule has 1 aromatic carbocycles. The molecule has 1 fully saturated rings. The van der Waals surface area contributed by atoms with E-state index in [0.717, 1.165) is 11.6 Å². The van der Waals surface area contributed by atoms with E-state index in [-0.39, 0.29) is 0 Å². The second kappa shape index (κ2) is 3.80. The summed E-state index contributed by atoms with van der Waals surface area (Å²) in [6.45, 7) is 2.36. The third kappa shape index (κ3) is 1.45. The maximum absolute atomic E-state index is 6.35. The third-order valence-corrected chi connectivity index (χ3v) is 4.71. The van der Waals surface area contributed by atoms with Crippen molar-refractivity contribution in [3.8, 4) is 0 Å². The van der Waals surface area contributed by atoms with Gasteiger partial charge in [0.2, 0.25) is 0 Å². The number of fused-ring (bicyclic) bond motifs is 1. The lowest BCUT2D eigenvalue weighted by atomic mass is 9.73. The predicted molar refractivity (Wildman–Crippen MR) is 68.6 cm³/mol. The highest BCUT2D eigenvalue weighted by Crippen LogP contribution is 2.42. The number of hydrogen-bond acceptors (Lipinski definition) is 1. The van der Waals surface area contributed by atoms with E-state index < -0.39 is 0 Å². The van der Waals surface area contributed by atoms with Crippen molar-refractivity contribution in [2.45, 2.75) is 51.4 Å². The lowest BCUT2D eigenvalue weighted by Gasteiger charge is -2.32. The molecule has 86 valence electrons. The molecule has 0 heterocycles. The summed E-state index contributed by atoms with van der Waals surface area (Å²) >= 11 is 0. The van der Waals surface area contributed by atoms with Crippen molar-refractivity contribution in [3.63, 3.8) is 0 Å². The van der Waals surface area contributed by atoms with Gasteiger partial charge in [-0.25, -0.2) is 0 Å². The molecule has 1 aromatic rings. The molecule has 0 spiro atoms. The van der Waals surface area contributed by atoms with Crippen molar-refractivity contribution in [3.05, 3.63) is 28.8 Å². The fourth-order valence-corrected chi connectivity index (χ4v) is 3.30. The lowest BCUT2D eigenvalue weighted by molar-refractivity contribution is 0.272. The van der Waals surface area contributed by atoms with E-state index in [0.29, 0.717) is 5.92 Å². The van der Waals surface area contributed by atoms with Crippen molar-refractivity contribution >= 4 is 5.69 Å². The summed E-state index contributed by atoms with van der Waals surface area (Å²) in [5.41, 5.74) is 11.9. The van der Waals surface area contributed by atoms with Gasteiger partial charge < -0.3 is 5.73 Å². The van der Waals surface area contributed by atoms with Gasteiger partial charge in [0.05, 0.1) is 0 Å². The Balaban J connectivity index is 1.95. The summed E-state index contributed by atoms with van der Waals surface area (Å²) < 4.78 is 0. The average Bonchev–Trinajstić information content (AvgIpc) is 2.63. The second-order valence-corrected chi connectivity index (χ2v) is 5.54. The van der Waals surface area contributed by atoms with Crippen molar-refractivity contribution in [1.29, 1.82) is 0 Å². The van der Waals surface area contributed by atoms with Crippen LogP contribution in [0, 0.1) is 5.92 Å². The first-order valence-electron chi connectivity index (χ1n) is 6.67. The number of nitrogen functional groups attached to an aromatic ring is 1. The zero-order valence-electron chi connectivity index (χ0n) is 10.1. The Bertz CT molecular complexity index is 404. The van der Waals surface area contributed by atoms with Crippen LogP contribution in [0.2, 0.25) is 0 Å². The second-order valence-electron chi connectivity index (χ2n) is 5.54. The molecule has 3 rings (SSSR count). The quantitative estimate of drug-likeness (QED) is 0.749. The Morgan fingerprint density at radius 1 is 1.19 bits per heavy atom. The minimum atomic E-state index is 0.666. The molecule has 0 aliphatic heterocycles. The Kier molecular flexibility index (Phi) is 2.42. The maximum Gasteiger partial charge on any atom is 0.0384 e. The van der Waals surface area contributed by atoms with Gasteiger partial charge >= 0.3 is 0 Å². The van der Waals surface area contributed by atoms with Crippen molar-refractivity contribution in [1.82, 2.24) is 0 Å². The topological polar surface area (TPSA) is 26.0 Å². The number of benzene rings is 1. The molecule has 2 aliphatic carbocycles. The van der Waals surface area contributed by atoms with Gasteiger partial charge in [0.25, 0.3) is 0 Å². The summed E-state index contributed by atoms with van der Waals surface area (Å²) in [5, 5.41) is 0. The summed E-state index contributed by atoms with van der Waals surface area (Å²) in [7, 11) is 0. The fourth-order valence-electron chi connectivity index (χ4n) is 3.30. The van der Waals surface area contributed by atoms with Gasteiger partial charge in [-0.1, -0.05) is 25.5 Å². The average molecular weight is 215 g/mol. The standard InChI is InChI=1S/C15H21N/c1-10(11-4-2-5-11)13-9-8-12-6-3-7-14(12)15(13)16/h8-11H,2-7,16H2,1H3. The van der Waals surface area contributed by atoms with E-state index in [9.17, 15) is 0 Å². The summed E-state index contributed by atoms with van der Waals surface area (Å²) in [5.74, 6) is 1.56. The summed E-state index contributed by atoms with van der Waals surface area (Å²) in [6.07, 6.45) is 7.94. The van der Waals surface area contributed by atoms with Crippen molar-refractivity contribution < 1.29 is 0 Å². The molecule has 2 aliphatic rings. The van der Waals surface area contributed by atoms with E-state index in [1.807, 2.05) is 0 Å². The largest absolute Gasteiger partial charge is 0.398 e. The number of rotatable bonds is 2. The van der Waals surface area contributed by atoms with Crippen molar-refractivity contribution in [2.75, 3.05) is 5.73 Å². The third-order valence-electron chi connectivity index (χ3n) is 4.71. The summed E-state index contributed by atoms with van der Waals surface area (Å²) in [4.78, 5) is 0. The van der Waals surface area contributed by atoms with Crippen LogP contribution in [0.5, 0.6) is 0 Å². The van der Waals surface area contributed by atoms with Crippen LogP contribution in [0.4, 0.5) is 5.69 Å². The highest BCUT2D eigenvalue weighted by molar-refractivity contribution is 5.60. The molecule has 2 N–H and O–H groups in total. The van der Waals surface area contributed by atoms with E-state index >= 15 is 0 Å². The van der Waals surface area contributed by atoms with E-state index in [1.54, 1.807) is 0 Å². The molecule has 0 saturated heterocycles. The first-order valence-corrected chi connectivity index (χ1v) is 6.67. The van der Waals surface area contributed by atoms with Crippen LogP contribution >= 0.6 is 0 Å². The first kappa shape index (κ1) is 10.2. The molecule has 1 atom stereocenters. The van der Waals surface area contributed by atoms with E-state index in [1.165, 1.54) is 55.2 Å². The monoisotopic (exact) mass is 215 g/mol. The van der Waals surface area contributed by atoms with Gasteiger partial charge in [0, 0.05) is 5.69 Å². The van der Waals surface area contributed by atoms with Gasteiger partial charge in [-0.3, -0.25) is 0 Å². The highest BCUT2D eigenvalue weighted by atomic mass is 14.6. The number of hydrogen-bond donors (Lipinski definition) is 1. The molecule has 0 aromatic heterocycles. The number of nitrogens with two attached hydrogens (primary N) is 1. The Morgan fingerprint density at radius 2 is 2.00 bits per heavy atom. The van der Waals surface area contributed by atoms with Crippen LogP contribution in [0.1, 0.15) is 55.2 Å². The Labute approximate surface area is 98.0 Å². The smallest absolute Gasteiger partial charge is 0.0384 e. The van der Waals surface area contributed by atoms with Crippen LogP contribution in [-0.4, -0.2) is 0 Å². The molecule has 1 unspecified atom stereocenters. The summed E-state index contributed by atoms with van der Waals surface area (Å²) in [6, 6.07) is 4.62. The fraction of sp³-hybridized carbons (Fsp3) is 0.600. The Hall–Kier alpha value is -0.980. The molecule has 16 heavy (non-hydrogen) atoms. The lowest BCUT2D eigenvalue weighted by Crippen LogP contribution is -2.19. The van der Waals surface area contributed by atoms with E-state index in [2.05, 4.69) is 19.1 Å². The van der Waals surface area contributed by atoms with Crippen LogP contribution in [0.25, 0.3) is 0 Å². The van der Waals surface area contributed by atoms with Crippen LogP contribution in [-0.2, 0) is 12.8 Å². The van der Waals surface area contributed by atoms with E-state index in [4.69, 9.17) is 5.73 Å². The molecule has 1 nitrogen and oxygen atoms in total. The Morgan fingerprint density at radius 3 is 2.69 bits per heavy atom. The molecule has 0 radical (unpaired) electrons. The molecular formula is C15H21N. The number of anilines is 1. The predicted octanol–water partition coefficient (Wildman–Crippen LogP) is 3.66. The molecule has 1 heteroatoms. The van der Waals surface area contributed by atoms with Crippen molar-refractivity contribution in [2.24, 2.45) is 5.92 Å². The van der Waals surface area contributed by atoms with Crippen LogP contribution in [0.3, 0.4) is 0 Å². The molecule has 0 bridgehead atoms. The van der Waals surface area contributed by atoms with Gasteiger partial charge in [-0.15, -0.1) is 0 Å². The van der Waals surface area contributed by atoms with Gasteiger partial charge in [0.1, 0.15) is 0 Å². The minimum Gasteiger partial charge on any atom is -0.398 e. The SMILES string of the molecule is CC(c1ccc2c(c1N)CCC2)C1CCC1. The zero-order valence-corrected chi connectivity index (χ0v) is 10.1. The maximum atomic E-state index is 6.35. The minimum absolute atomic E-state index is 0.666.